The van der Waals surface area contributed by atoms with E-state index in [9.17, 15) is 9.59 Å². The number of aromatic nitrogens is 2. The van der Waals surface area contributed by atoms with Gasteiger partial charge in [0, 0.05) is 10.0 Å². The third kappa shape index (κ3) is 2.16. The largest absolute Gasteiger partial charge is 0.323 e. The number of carbonyl (C=O) groups is 1. The molecule has 0 spiro atoms. The minimum absolute atomic E-state index is 0.171. The molecule has 0 unspecified atom stereocenters. The van der Waals surface area contributed by atoms with Gasteiger partial charge in [0.25, 0.3) is 0 Å². The van der Waals surface area contributed by atoms with Crippen LogP contribution >= 0.6 is 38.9 Å². The molecule has 0 aliphatic heterocycles. The van der Waals surface area contributed by atoms with E-state index in [0.29, 0.717) is 31.0 Å². The Kier molecular flexibility index (Phi) is 3.08. The molecule has 1 aromatic carbocycles. The van der Waals surface area contributed by atoms with E-state index in [2.05, 4.69) is 25.9 Å². The molecule has 19 heavy (non-hydrogen) atoms. The van der Waals surface area contributed by atoms with E-state index in [0.717, 1.165) is 0 Å². The zero-order chi connectivity index (χ0) is 13.6. The highest BCUT2D eigenvalue weighted by Gasteiger charge is 2.18. The van der Waals surface area contributed by atoms with E-state index in [-0.39, 0.29) is 11.5 Å². The lowest BCUT2D eigenvalue weighted by Gasteiger charge is -2.03. The van der Waals surface area contributed by atoms with Crippen LogP contribution in [-0.4, -0.2) is 15.8 Å². The molecule has 2 aromatic heterocycles. The van der Waals surface area contributed by atoms with Crippen molar-refractivity contribution < 1.29 is 4.79 Å². The number of benzene rings is 1. The summed E-state index contributed by atoms with van der Waals surface area (Å²) in [6.45, 7) is 0. The minimum atomic E-state index is -0.305. The van der Waals surface area contributed by atoms with Crippen LogP contribution in [-0.2, 0) is 0 Å². The second-order valence-corrected chi connectivity index (χ2v) is 6.06. The van der Waals surface area contributed by atoms with E-state index >= 15 is 0 Å². The molecular formula is C12H6BrClN2O2S. The molecule has 0 saturated carbocycles. The first kappa shape index (κ1) is 12.7. The normalized spacial score (nSPS) is 11.1. The van der Waals surface area contributed by atoms with Crippen LogP contribution < -0.4 is 5.69 Å². The summed E-state index contributed by atoms with van der Waals surface area (Å²) in [5, 5.41) is 2.20. The maximum Gasteiger partial charge on any atom is 0.323 e. The van der Waals surface area contributed by atoms with Crippen LogP contribution in [0.1, 0.15) is 15.2 Å². The molecule has 0 saturated heterocycles. The highest BCUT2D eigenvalue weighted by atomic mass is 79.9. The van der Waals surface area contributed by atoms with Gasteiger partial charge in [0.2, 0.25) is 5.78 Å². The number of ketones is 1. The highest BCUT2D eigenvalue weighted by molar-refractivity contribution is 9.10. The Labute approximate surface area is 124 Å². The summed E-state index contributed by atoms with van der Waals surface area (Å²) in [5.74, 6) is -0.171. The van der Waals surface area contributed by atoms with Gasteiger partial charge in [-0.3, -0.25) is 4.79 Å². The number of H-pyrrole nitrogens is 2. The minimum Gasteiger partial charge on any atom is -0.306 e. The summed E-state index contributed by atoms with van der Waals surface area (Å²) in [7, 11) is 0. The number of nitrogens with one attached hydrogen (secondary N) is 2. The molecule has 0 bridgehead atoms. The lowest BCUT2D eigenvalue weighted by Crippen LogP contribution is -2.01. The Bertz CT molecular complexity index is 849. The Hall–Kier alpha value is -1.37. The second-order valence-electron chi connectivity index (χ2n) is 3.88. The van der Waals surface area contributed by atoms with Crippen LogP contribution in [0.5, 0.6) is 0 Å². The van der Waals surface area contributed by atoms with Crippen molar-refractivity contribution in [3.05, 3.63) is 54.0 Å². The molecule has 3 aromatic rings. The first-order valence-corrected chi connectivity index (χ1v) is 7.30. The van der Waals surface area contributed by atoms with Crippen LogP contribution in [0.15, 0.2) is 32.8 Å². The number of thiophene rings is 1. The quantitative estimate of drug-likeness (QED) is 0.689. The predicted octanol–water partition coefficient (Wildman–Crippen LogP) is 3.56. The van der Waals surface area contributed by atoms with E-state index in [1.165, 1.54) is 11.3 Å². The number of rotatable bonds is 2. The first-order valence-electron chi connectivity index (χ1n) is 5.25. The van der Waals surface area contributed by atoms with Crippen LogP contribution in [0.4, 0.5) is 0 Å². The molecule has 2 heterocycles. The molecule has 0 aliphatic carbocycles. The number of halogens is 2. The number of hydrogen-bond donors (Lipinski definition) is 2. The molecule has 0 fully saturated rings. The van der Waals surface area contributed by atoms with E-state index in [1.807, 2.05) is 0 Å². The van der Waals surface area contributed by atoms with Crippen molar-refractivity contribution in [1.29, 1.82) is 0 Å². The fourth-order valence-corrected chi connectivity index (χ4v) is 3.43. The van der Waals surface area contributed by atoms with Gasteiger partial charge in [-0.1, -0.05) is 11.6 Å². The Morgan fingerprint density at radius 1 is 1.26 bits per heavy atom. The fourth-order valence-electron chi connectivity index (χ4n) is 1.81. The first-order chi connectivity index (χ1) is 9.06. The van der Waals surface area contributed by atoms with Crippen LogP contribution in [0, 0.1) is 0 Å². The third-order valence-electron chi connectivity index (χ3n) is 2.67. The maximum atomic E-state index is 12.4. The number of aromatic amines is 2. The van der Waals surface area contributed by atoms with Crippen molar-refractivity contribution in [2.45, 2.75) is 0 Å². The zero-order valence-corrected chi connectivity index (χ0v) is 12.4. The summed E-state index contributed by atoms with van der Waals surface area (Å²) in [4.78, 5) is 29.4. The van der Waals surface area contributed by atoms with Crippen molar-refractivity contribution in [2.75, 3.05) is 0 Å². The predicted molar refractivity (Wildman–Crippen MR) is 79.4 cm³/mol. The molecule has 96 valence electrons. The second kappa shape index (κ2) is 4.63. The standard InChI is InChI=1S/C12H6BrClN2O2S/c13-6-4-9-8(15-12(18)16-9)3-5(6)10(17)11-7(14)1-2-19-11/h1-4H,(H2,15,16,18). The van der Waals surface area contributed by atoms with Crippen molar-refractivity contribution in [3.63, 3.8) is 0 Å². The van der Waals surface area contributed by atoms with Gasteiger partial charge >= 0.3 is 5.69 Å². The van der Waals surface area contributed by atoms with Crippen LogP contribution in [0.25, 0.3) is 11.0 Å². The molecule has 4 nitrogen and oxygen atoms in total. The topological polar surface area (TPSA) is 65.7 Å². The molecule has 2 N–H and O–H groups in total. The van der Waals surface area contributed by atoms with E-state index in [1.54, 1.807) is 23.6 Å². The van der Waals surface area contributed by atoms with E-state index < -0.39 is 0 Å². The van der Waals surface area contributed by atoms with Gasteiger partial charge in [0.1, 0.15) is 0 Å². The van der Waals surface area contributed by atoms with Crippen molar-refractivity contribution in [1.82, 2.24) is 9.97 Å². The number of imidazole rings is 1. The highest BCUT2D eigenvalue weighted by Crippen LogP contribution is 2.29. The Balaban J connectivity index is 2.19. The van der Waals surface area contributed by atoms with E-state index in [4.69, 9.17) is 11.6 Å². The van der Waals surface area contributed by atoms with Crippen molar-refractivity contribution in [2.24, 2.45) is 0 Å². The van der Waals surface area contributed by atoms with Gasteiger partial charge in [-0.15, -0.1) is 11.3 Å². The molecule has 0 atom stereocenters. The van der Waals surface area contributed by atoms with Crippen LogP contribution in [0.3, 0.4) is 0 Å². The van der Waals surface area contributed by atoms with Gasteiger partial charge in [-0.2, -0.15) is 0 Å². The maximum absolute atomic E-state index is 12.4. The average molecular weight is 358 g/mol. The van der Waals surface area contributed by atoms with Crippen molar-refractivity contribution in [3.8, 4) is 0 Å². The number of fused-ring (bicyclic) bond motifs is 1. The summed E-state index contributed by atoms with van der Waals surface area (Å²) in [6.07, 6.45) is 0. The van der Waals surface area contributed by atoms with Gasteiger partial charge in [0.05, 0.1) is 20.9 Å². The molecule has 3 rings (SSSR count). The molecule has 0 aliphatic rings. The molecule has 7 heteroatoms. The molecule has 0 radical (unpaired) electrons. The van der Waals surface area contributed by atoms with Gasteiger partial charge in [-0.05, 0) is 39.5 Å². The molecule has 0 amide bonds. The smallest absolute Gasteiger partial charge is 0.306 e. The fraction of sp³-hybridized carbons (Fsp3) is 0. The van der Waals surface area contributed by atoms with Crippen molar-refractivity contribution >= 4 is 55.7 Å². The van der Waals surface area contributed by atoms with Gasteiger partial charge < -0.3 is 9.97 Å². The Morgan fingerprint density at radius 3 is 2.58 bits per heavy atom. The average Bonchev–Trinajstić information content (AvgIpc) is 2.92. The summed E-state index contributed by atoms with van der Waals surface area (Å²) < 4.78 is 0.615. The number of carbonyl (C=O) groups excluding carboxylic acids is 1. The monoisotopic (exact) mass is 356 g/mol. The lowest BCUT2D eigenvalue weighted by molar-refractivity contribution is 0.104. The van der Waals surface area contributed by atoms with Crippen LogP contribution in [0.2, 0.25) is 5.02 Å². The lowest BCUT2D eigenvalue weighted by atomic mass is 10.1. The zero-order valence-electron chi connectivity index (χ0n) is 9.29. The van der Waals surface area contributed by atoms with Gasteiger partial charge in [-0.25, -0.2) is 4.79 Å². The third-order valence-corrected chi connectivity index (χ3v) is 4.67. The van der Waals surface area contributed by atoms with Gasteiger partial charge in [0.15, 0.2) is 0 Å². The summed E-state index contributed by atoms with van der Waals surface area (Å²) >= 11 is 10.6. The summed E-state index contributed by atoms with van der Waals surface area (Å²) in [6, 6.07) is 5.02. The molecular weight excluding hydrogens is 352 g/mol. The Morgan fingerprint density at radius 2 is 1.95 bits per heavy atom. The SMILES string of the molecule is O=C(c1cc2[nH]c(=O)[nH]c2cc1Br)c1sccc1Cl. The number of hydrogen-bond acceptors (Lipinski definition) is 3. The summed E-state index contributed by atoms with van der Waals surface area (Å²) in [5.41, 5.74) is 1.39.